The number of fused-ring (bicyclic) bond motifs is 1. The Labute approximate surface area is 139 Å². The van der Waals surface area contributed by atoms with Crippen molar-refractivity contribution in [1.82, 2.24) is 10.3 Å². The Morgan fingerprint density at radius 3 is 2.88 bits per heavy atom. The van der Waals surface area contributed by atoms with Gasteiger partial charge < -0.3 is 16.0 Å². The molecular weight excluding hydrogens is 304 g/mol. The van der Waals surface area contributed by atoms with Crippen molar-refractivity contribution in [3.63, 3.8) is 0 Å². The topological polar surface area (TPSA) is 112 Å². The Balaban J connectivity index is 1.69. The molecule has 2 aromatic rings. The van der Waals surface area contributed by atoms with Gasteiger partial charge in [0.15, 0.2) is 0 Å². The van der Waals surface area contributed by atoms with Crippen LogP contribution in [-0.4, -0.2) is 16.8 Å². The maximum atomic E-state index is 12.3. The van der Waals surface area contributed by atoms with Crippen molar-refractivity contribution >= 4 is 17.9 Å². The molecule has 0 aliphatic heterocycles. The fourth-order valence-corrected chi connectivity index (χ4v) is 2.69. The molecule has 120 valence electrons. The molecule has 6 nitrogen and oxygen atoms in total. The zero-order valence-electron chi connectivity index (χ0n) is 12.9. The van der Waals surface area contributed by atoms with Gasteiger partial charge >= 0.3 is 0 Å². The van der Waals surface area contributed by atoms with Crippen LogP contribution in [0.1, 0.15) is 44.1 Å². The van der Waals surface area contributed by atoms with E-state index >= 15 is 0 Å². The van der Waals surface area contributed by atoms with Crippen LogP contribution in [0.5, 0.6) is 0 Å². The number of allylic oxidation sites excluding steroid dienone is 1. The number of hydrogen-bond donors (Lipinski definition) is 3. The standard InChI is InChI=1S/C18H16N4O2/c19-9-11-4-5-13-8-16(22-15(13)7-11)18(24)21-10-12-2-1-3-14(6-12)17(20)23/h1-3,6-8,22H,4-5,10H2,(H2,20,23)(H,21,24). The van der Waals surface area contributed by atoms with E-state index in [4.69, 9.17) is 11.0 Å². The molecule has 2 amide bonds. The van der Waals surface area contributed by atoms with E-state index in [0.29, 0.717) is 29.8 Å². The minimum absolute atomic E-state index is 0.235. The lowest BCUT2D eigenvalue weighted by molar-refractivity contribution is 0.0946. The number of nitrogens with one attached hydrogen (secondary N) is 2. The predicted octanol–water partition coefficient (Wildman–Crippen LogP) is 1.90. The van der Waals surface area contributed by atoms with E-state index in [0.717, 1.165) is 23.2 Å². The quantitative estimate of drug-likeness (QED) is 0.799. The van der Waals surface area contributed by atoms with Gasteiger partial charge in [0.2, 0.25) is 5.91 Å². The monoisotopic (exact) mass is 320 g/mol. The number of hydrogen-bond acceptors (Lipinski definition) is 3. The van der Waals surface area contributed by atoms with Gasteiger partial charge in [0, 0.05) is 23.4 Å². The molecule has 0 saturated carbocycles. The normalized spacial score (nSPS) is 12.7. The Kier molecular flexibility index (Phi) is 4.17. The lowest BCUT2D eigenvalue weighted by Crippen LogP contribution is -2.23. The third-order valence-electron chi connectivity index (χ3n) is 3.97. The first kappa shape index (κ1) is 15.6. The molecule has 1 aromatic heterocycles. The van der Waals surface area contributed by atoms with Crippen LogP contribution in [0.25, 0.3) is 6.08 Å². The largest absolute Gasteiger partial charge is 0.366 e. The smallest absolute Gasteiger partial charge is 0.267 e. The number of nitriles is 1. The molecule has 1 aliphatic carbocycles. The van der Waals surface area contributed by atoms with Gasteiger partial charge in [0.05, 0.1) is 6.07 Å². The summed E-state index contributed by atoms with van der Waals surface area (Å²) in [6.07, 6.45) is 3.23. The summed E-state index contributed by atoms with van der Waals surface area (Å²) < 4.78 is 0. The van der Waals surface area contributed by atoms with Gasteiger partial charge in [-0.05, 0) is 48.2 Å². The lowest BCUT2D eigenvalue weighted by Gasteiger charge is -2.06. The number of primary amides is 1. The number of nitrogens with two attached hydrogens (primary N) is 1. The maximum Gasteiger partial charge on any atom is 0.267 e. The van der Waals surface area contributed by atoms with E-state index in [9.17, 15) is 9.59 Å². The second-order valence-corrected chi connectivity index (χ2v) is 5.65. The van der Waals surface area contributed by atoms with Gasteiger partial charge in [-0.2, -0.15) is 5.26 Å². The van der Waals surface area contributed by atoms with Crippen molar-refractivity contribution in [1.29, 1.82) is 5.26 Å². The van der Waals surface area contributed by atoms with Gasteiger partial charge in [0.25, 0.3) is 5.91 Å². The second kappa shape index (κ2) is 6.42. The second-order valence-electron chi connectivity index (χ2n) is 5.65. The molecule has 4 N–H and O–H groups in total. The summed E-state index contributed by atoms with van der Waals surface area (Å²) in [5.41, 5.74) is 9.47. The summed E-state index contributed by atoms with van der Waals surface area (Å²) in [5, 5.41) is 11.8. The predicted molar refractivity (Wildman–Crippen MR) is 88.8 cm³/mol. The van der Waals surface area contributed by atoms with E-state index in [1.165, 1.54) is 0 Å². The van der Waals surface area contributed by atoms with Crippen LogP contribution in [-0.2, 0) is 13.0 Å². The zero-order chi connectivity index (χ0) is 17.1. The number of carbonyl (C=O) groups is 2. The van der Waals surface area contributed by atoms with Crippen LogP contribution in [0.4, 0.5) is 0 Å². The van der Waals surface area contributed by atoms with Crippen molar-refractivity contribution in [2.75, 3.05) is 0 Å². The molecule has 0 bridgehead atoms. The van der Waals surface area contributed by atoms with Crippen LogP contribution in [0.2, 0.25) is 0 Å². The number of nitrogens with zero attached hydrogens (tertiary/aromatic N) is 1. The third-order valence-corrected chi connectivity index (χ3v) is 3.97. The van der Waals surface area contributed by atoms with Crippen molar-refractivity contribution < 1.29 is 9.59 Å². The number of aryl methyl sites for hydroxylation is 1. The van der Waals surface area contributed by atoms with Crippen LogP contribution >= 0.6 is 0 Å². The molecule has 0 unspecified atom stereocenters. The van der Waals surface area contributed by atoms with Crippen LogP contribution < -0.4 is 11.1 Å². The van der Waals surface area contributed by atoms with Gasteiger partial charge in [-0.25, -0.2) is 0 Å². The van der Waals surface area contributed by atoms with E-state index in [2.05, 4.69) is 16.4 Å². The van der Waals surface area contributed by atoms with Crippen LogP contribution in [0, 0.1) is 11.3 Å². The summed E-state index contributed by atoms with van der Waals surface area (Å²) in [5.74, 6) is -0.735. The Bertz CT molecular complexity index is 887. The average Bonchev–Trinajstić information content (AvgIpc) is 3.03. The number of aromatic amines is 1. The molecule has 1 aromatic carbocycles. The highest BCUT2D eigenvalue weighted by atomic mass is 16.2. The van der Waals surface area contributed by atoms with E-state index in [-0.39, 0.29) is 5.91 Å². The zero-order valence-corrected chi connectivity index (χ0v) is 12.9. The SMILES string of the molecule is N#CC1=Cc2[nH]c(C(=O)NCc3cccc(C(N)=O)c3)cc2CC1. The summed E-state index contributed by atoms with van der Waals surface area (Å²) in [7, 11) is 0. The molecule has 0 fully saturated rings. The summed E-state index contributed by atoms with van der Waals surface area (Å²) in [4.78, 5) is 26.5. The van der Waals surface area contributed by atoms with Crippen molar-refractivity contribution in [3.05, 3.63) is 64.0 Å². The summed E-state index contributed by atoms with van der Waals surface area (Å²) >= 11 is 0. The molecule has 3 rings (SSSR count). The van der Waals surface area contributed by atoms with Crippen molar-refractivity contribution in [2.24, 2.45) is 5.73 Å². The van der Waals surface area contributed by atoms with E-state index in [1.54, 1.807) is 24.3 Å². The molecule has 0 atom stereocenters. The Morgan fingerprint density at radius 1 is 1.29 bits per heavy atom. The third kappa shape index (κ3) is 3.20. The highest BCUT2D eigenvalue weighted by Gasteiger charge is 2.16. The molecule has 1 aliphatic rings. The minimum atomic E-state index is -0.500. The first-order valence-corrected chi connectivity index (χ1v) is 7.56. The fraction of sp³-hybridized carbons (Fsp3) is 0.167. The number of H-pyrrole nitrogens is 1. The first-order valence-electron chi connectivity index (χ1n) is 7.56. The summed E-state index contributed by atoms with van der Waals surface area (Å²) in [6.45, 7) is 0.295. The molecule has 24 heavy (non-hydrogen) atoms. The van der Waals surface area contributed by atoms with Crippen molar-refractivity contribution in [2.45, 2.75) is 19.4 Å². The molecule has 0 spiro atoms. The van der Waals surface area contributed by atoms with Gasteiger partial charge in [0.1, 0.15) is 5.69 Å². The molecule has 0 radical (unpaired) electrons. The number of benzene rings is 1. The first-order chi connectivity index (χ1) is 11.6. The fourth-order valence-electron chi connectivity index (χ4n) is 2.69. The highest BCUT2D eigenvalue weighted by molar-refractivity contribution is 5.94. The minimum Gasteiger partial charge on any atom is -0.366 e. The number of carbonyl (C=O) groups excluding carboxylic acids is 2. The lowest BCUT2D eigenvalue weighted by atomic mass is 9.98. The van der Waals surface area contributed by atoms with E-state index in [1.807, 2.05) is 12.1 Å². The Hall–Kier alpha value is -3.33. The Morgan fingerprint density at radius 2 is 2.12 bits per heavy atom. The van der Waals surface area contributed by atoms with Crippen molar-refractivity contribution in [3.8, 4) is 6.07 Å². The van der Waals surface area contributed by atoms with Crippen LogP contribution in [0.15, 0.2) is 35.9 Å². The van der Waals surface area contributed by atoms with Gasteiger partial charge in [-0.3, -0.25) is 9.59 Å². The summed E-state index contributed by atoms with van der Waals surface area (Å²) in [6, 6.07) is 10.8. The number of aromatic nitrogens is 1. The number of rotatable bonds is 4. The molecular formula is C18H16N4O2. The molecule has 0 saturated heterocycles. The highest BCUT2D eigenvalue weighted by Crippen LogP contribution is 2.24. The average molecular weight is 320 g/mol. The number of amides is 2. The maximum absolute atomic E-state index is 12.3. The van der Waals surface area contributed by atoms with E-state index < -0.39 is 5.91 Å². The molecule has 1 heterocycles. The van der Waals surface area contributed by atoms with Gasteiger partial charge in [-0.1, -0.05) is 12.1 Å². The van der Waals surface area contributed by atoms with Crippen LogP contribution in [0.3, 0.4) is 0 Å². The molecule has 6 heteroatoms. The van der Waals surface area contributed by atoms with Gasteiger partial charge in [-0.15, -0.1) is 0 Å².